The Labute approximate surface area is 174 Å². The lowest BCUT2D eigenvalue weighted by atomic mass is 9.98. The van der Waals surface area contributed by atoms with E-state index in [2.05, 4.69) is 53.8 Å². The van der Waals surface area contributed by atoms with Crippen molar-refractivity contribution < 1.29 is 0 Å². The van der Waals surface area contributed by atoms with Crippen LogP contribution in [0.25, 0.3) is 0 Å². The fraction of sp³-hybridized carbons (Fsp3) is 0.737. The molecule has 1 aliphatic rings. The SMILES string of the molecule is CCNC(=NCC1CCCN(Cc2cccs2)C1)NCCC(C)C.I. The van der Waals surface area contributed by atoms with Crippen LogP contribution in [0.3, 0.4) is 0 Å². The second-order valence-electron chi connectivity index (χ2n) is 7.15. The van der Waals surface area contributed by atoms with Gasteiger partial charge in [-0.15, -0.1) is 35.3 Å². The fourth-order valence-electron chi connectivity index (χ4n) is 3.11. The maximum atomic E-state index is 4.84. The van der Waals surface area contributed by atoms with Gasteiger partial charge in [0.25, 0.3) is 0 Å². The largest absolute Gasteiger partial charge is 0.357 e. The average molecular weight is 478 g/mol. The van der Waals surface area contributed by atoms with Crippen molar-refractivity contribution in [2.24, 2.45) is 16.8 Å². The molecule has 0 saturated carbocycles. The van der Waals surface area contributed by atoms with Crippen molar-refractivity contribution in [2.45, 2.75) is 46.6 Å². The quantitative estimate of drug-likeness (QED) is 0.335. The summed E-state index contributed by atoms with van der Waals surface area (Å²) in [5.41, 5.74) is 0. The maximum Gasteiger partial charge on any atom is 0.191 e. The first kappa shape index (κ1) is 22.7. The Morgan fingerprint density at radius 2 is 2.24 bits per heavy atom. The van der Waals surface area contributed by atoms with Gasteiger partial charge in [0.2, 0.25) is 0 Å². The van der Waals surface area contributed by atoms with Crippen molar-refractivity contribution in [3.63, 3.8) is 0 Å². The second-order valence-corrected chi connectivity index (χ2v) is 8.18. The molecule has 25 heavy (non-hydrogen) atoms. The van der Waals surface area contributed by atoms with Gasteiger partial charge in [-0.1, -0.05) is 19.9 Å². The van der Waals surface area contributed by atoms with Gasteiger partial charge >= 0.3 is 0 Å². The van der Waals surface area contributed by atoms with Crippen LogP contribution in [-0.4, -0.2) is 43.6 Å². The van der Waals surface area contributed by atoms with Crippen LogP contribution < -0.4 is 10.6 Å². The molecule has 1 fully saturated rings. The highest BCUT2D eigenvalue weighted by molar-refractivity contribution is 14.0. The van der Waals surface area contributed by atoms with Crippen LogP contribution in [0.15, 0.2) is 22.5 Å². The molecule has 1 aromatic heterocycles. The smallest absolute Gasteiger partial charge is 0.191 e. The number of aliphatic imine (C=N–C) groups is 1. The van der Waals surface area contributed by atoms with Gasteiger partial charge < -0.3 is 10.6 Å². The molecular formula is C19H35IN4S. The number of likely N-dealkylation sites (tertiary alicyclic amines) is 1. The molecule has 0 spiro atoms. The molecule has 1 unspecified atom stereocenters. The van der Waals surface area contributed by atoms with E-state index in [-0.39, 0.29) is 24.0 Å². The molecule has 0 aliphatic carbocycles. The van der Waals surface area contributed by atoms with Crippen molar-refractivity contribution in [1.29, 1.82) is 0 Å². The molecule has 0 radical (unpaired) electrons. The van der Waals surface area contributed by atoms with Crippen LogP contribution in [0.2, 0.25) is 0 Å². The van der Waals surface area contributed by atoms with Crippen LogP contribution in [0.4, 0.5) is 0 Å². The molecule has 1 saturated heterocycles. The van der Waals surface area contributed by atoms with Gasteiger partial charge in [0.05, 0.1) is 0 Å². The Balaban J connectivity index is 0.00000312. The topological polar surface area (TPSA) is 39.7 Å². The third-order valence-electron chi connectivity index (χ3n) is 4.43. The molecule has 0 bridgehead atoms. The molecule has 144 valence electrons. The summed E-state index contributed by atoms with van der Waals surface area (Å²) < 4.78 is 0. The lowest BCUT2D eigenvalue weighted by Crippen LogP contribution is -2.40. The van der Waals surface area contributed by atoms with E-state index >= 15 is 0 Å². The molecule has 2 N–H and O–H groups in total. The standard InChI is InChI=1S/C19H34N4S.HI/c1-4-20-19(21-10-9-16(2)3)22-13-17-7-5-11-23(14-17)15-18-8-6-12-24-18;/h6,8,12,16-17H,4-5,7,9-11,13-15H2,1-3H3,(H2,20,21,22);1H. The van der Waals surface area contributed by atoms with Crippen LogP contribution in [-0.2, 0) is 6.54 Å². The van der Waals surface area contributed by atoms with Crippen molar-refractivity contribution in [3.05, 3.63) is 22.4 Å². The summed E-state index contributed by atoms with van der Waals surface area (Å²) in [6.45, 7) is 13.0. The summed E-state index contributed by atoms with van der Waals surface area (Å²) in [6, 6.07) is 4.39. The Bertz CT molecular complexity index is 476. The molecule has 0 amide bonds. The van der Waals surface area contributed by atoms with Gasteiger partial charge in [0.1, 0.15) is 0 Å². The zero-order valence-corrected chi connectivity index (χ0v) is 19.1. The number of nitrogens with one attached hydrogen (secondary N) is 2. The molecule has 2 heterocycles. The van der Waals surface area contributed by atoms with Crippen molar-refractivity contribution in [3.8, 4) is 0 Å². The fourth-order valence-corrected chi connectivity index (χ4v) is 3.85. The number of thiophene rings is 1. The zero-order chi connectivity index (χ0) is 17.2. The third kappa shape index (κ3) is 9.24. The second kappa shape index (κ2) is 12.9. The molecule has 0 aromatic carbocycles. The Kier molecular flexibility index (Phi) is 11.7. The summed E-state index contributed by atoms with van der Waals surface area (Å²) in [5.74, 6) is 2.39. The van der Waals surface area contributed by atoms with Crippen LogP contribution >= 0.6 is 35.3 Å². The minimum Gasteiger partial charge on any atom is -0.357 e. The van der Waals surface area contributed by atoms with Crippen molar-refractivity contribution >= 4 is 41.3 Å². The first-order chi connectivity index (χ1) is 11.7. The third-order valence-corrected chi connectivity index (χ3v) is 5.29. The maximum absolute atomic E-state index is 4.84. The molecular weight excluding hydrogens is 443 g/mol. The predicted octanol–water partition coefficient (Wildman–Crippen LogP) is 4.18. The van der Waals surface area contributed by atoms with Gasteiger partial charge in [-0.2, -0.15) is 0 Å². The van der Waals surface area contributed by atoms with Crippen LogP contribution in [0.1, 0.15) is 44.9 Å². The first-order valence-corrected chi connectivity index (χ1v) is 10.3. The van der Waals surface area contributed by atoms with E-state index in [0.717, 1.165) is 38.1 Å². The van der Waals surface area contributed by atoms with Gasteiger partial charge in [0, 0.05) is 37.6 Å². The lowest BCUT2D eigenvalue weighted by molar-refractivity contribution is 0.172. The number of hydrogen-bond donors (Lipinski definition) is 2. The van der Waals surface area contributed by atoms with Gasteiger partial charge in [-0.3, -0.25) is 9.89 Å². The summed E-state index contributed by atoms with van der Waals surface area (Å²) in [5, 5.41) is 9.01. The van der Waals surface area contributed by atoms with Gasteiger partial charge in [-0.25, -0.2) is 0 Å². The summed E-state index contributed by atoms with van der Waals surface area (Å²) >= 11 is 1.86. The molecule has 4 nitrogen and oxygen atoms in total. The van der Waals surface area contributed by atoms with E-state index in [0.29, 0.717) is 5.92 Å². The molecule has 1 atom stereocenters. The first-order valence-electron chi connectivity index (χ1n) is 9.44. The van der Waals surface area contributed by atoms with Crippen LogP contribution in [0, 0.1) is 11.8 Å². The number of hydrogen-bond acceptors (Lipinski definition) is 3. The van der Waals surface area contributed by atoms with E-state index in [1.165, 1.54) is 37.2 Å². The normalized spacial score (nSPS) is 18.9. The number of guanidine groups is 1. The molecule has 1 aliphatic heterocycles. The highest BCUT2D eigenvalue weighted by Crippen LogP contribution is 2.20. The Hall–Kier alpha value is -0.340. The Morgan fingerprint density at radius 1 is 1.40 bits per heavy atom. The van der Waals surface area contributed by atoms with E-state index in [1.807, 2.05) is 11.3 Å². The molecule has 1 aromatic rings. The number of piperidine rings is 1. The monoisotopic (exact) mass is 478 g/mol. The molecule has 2 rings (SSSR count). The average Bonchev–Trinajstić information content (AvgIpc) is 3.05. The number of halogens is 1. The van der Waals surface area contributed by atoms with E-state index in [1.54, 1.807) is 0 Å². The van der Waals surface area contributed by atoms with Crippen molar-refractivity contribution in [2.75, 3.05) is 32.7 Å². The number of nitrogens with zero attached hydrogens (tertiary/aromatic N) is 2. The van der Waals surface area contributed by atoms with Crippen LogP contribution in [0.5, 0.6) is 0 Å². The highest BCUT2D eigenvalue weighted by Gasteiger charge is 2.20. The van der Waals surface area contributed by atoms with E-state index in [4.69, 9.17) is 4.99 Å². The van der Waals surface area contributed by atoms with Gasteiger partial charge in [0.15, 0.2) is 5.96 Å². The zero-order valence-electron chi connectivity index (χ0n) is 16.0. The van der Waals surface area contributed by atoms with E-state index in [9.17, 15) is 0 Å². The summed E-state index contributed by atoms with van der Waals surface area (Å²) in [7, 11) is 0. The van der Waals surface area contributed by atoms with Gasteiger partial charge in [-0.05, 0) is 56.0 Å². The summed E-state index contributed by atoms with van der Waals surface area (Å²) in [4.78, 5) is 8.90. The number of rotatable bonds is 8. The highest BCUT2D eigenvalue weighted by atomic mass is 127. The summed E-state index contributed by atoms with van der Waals surface area (Å²) in [6.07, 6.45) is 3.78. The minimum absolute atomic E-state index is 0. The molecule has 6 heteroatoms. The van der Waals surface area contributed by atoms with E-state index < -0.39 is 0 Å². The predicted molar refractivity (Wildman–Crippen MR) is 121 cm³/mol. The van der Waals surface area contributed by atoms with Crippen molar-refractivity contribution in [1.82, 2.24) is 15.5 Å². The lowest BCUT2D eigenvalue weighted by Gasteiger charge is -2.31. The minimum atomic E-state index is 0. The Morgan fingerprint density at radius 3 is 2.92 bits per heavy atom.